The van der Waals surface area contributed by atoms with Gasteiger partial charge in [-0.2, -0.15) is 0 Å². The van der Waals surface area contributed by atoms with Crippen LogP contribution in [0.25, 0.3) is 10.9 Å². The van der Waals surface area contributed by atoms with Crippen LogP contribution in [-0.4, -0.2) is 10.9 Å². The quantitative estimate of drug-likeness (QED) is 0.771. The average molecular weight is 324 g/mol. The summed E-state index contributed by atoms with van der Waals surface area (Å²) >= 11 is 0. The van der Waals surface area contributed by atoms with Crippen LogP contribution in [-0.2, 0) is 11.2 Å². The number of carbonyl (C=O) groups is 1. The Balaban J connectivity index is 1.68. The number of amides is 1. The molecule has 1 amide bonds. The van der Waals surface area contributed by atoms with Crippen molar-refractivity contribution in [3.63, 3.8) is 0 Å². The monoisotopic (exact) mass is 324 g/mol. The molecule has 2 aromatic carbocycles. The van der Waals surface area contributed by atoms with Gasteiger partial charge in [0.05, 0.1) is 0 Å². The van der Waals surface area contributed by atoms with Gasteiger partial charge in [0.15, 0.2) is 0 Å². The first-order valence-electron chi connectivity index (χ1n) is 7.69. The molecular weight excluding hydrogens is 307 g/mol. The Morgan fingerprint density at radius 3 is 2.79 bits per heavy atom. The summed E-state index contributed by atoms with van der Waals surface area (Å²) < 4.78 is 13.1. The molecule has 122 valence electrons. The topological polar surface area (TPSA) is 62.0 Å². The predicted molar refractivity (Wildman–Crippen MR) is 92.7 cm³/mol. The number of H-pyrrole nitrogens is 1. The number of halogens is 1. The Kier molecular flexibility index (Phi) is 4.42. The number of aromatic amines is 1. The molecule has 0 unspecified atom stereocenters. The first-order valence-corrected chi connectivity index (χ1v) is 7.69. The maximum absolute atomic E-state index is 13.1. The molecule has 0 aliphatic heterocycles. The smallest absolute Gasteiger partial charge is 0.251 e. The highest BCUT2D eigenvalue weighted by molar-refractivity contribution is 5.90. The molecule has 0 spiro atoms. The summed E-state index contributed by atoms with van der Waals surface area (Å²) in [5.41, 5.74) is 2.72. The van der Waals surface area contributed by atoms with Crippen LogP contribution in [0.4, 0.5) is 10.1 Å². The number of pyridine rings is 1. The summed E-state index contributed by atoms with van der Waals surface area (Å²) in [7, 11) is 0. The molecule has 0 bridgehead atoms. The van der Waals surface area contributed by atoms with Gasteiger partial charge in [-0.05, 0) is 54.6 Å². The van der Waals surface area contributed by atoms with Crippen LogP contribution in [0.2, 0.25) is 0 Å². The Morgan fingerprint density at radius 1 is 1.17 bits per heavy atom. The standard InChI is InChI=1S/C19H17FN2O2/c1-12-9-14-7-5-13(10-17(14)22-19(12)24)6-8-18(23)21-16-4-2-3-15(20)11-16/h2-5,7,9-11H,6,8H2,1H3,(H,21,23)(H,22,24). The molecule has 0 saturated carbocycles. The number of nitrogens with one attached hydrogen (secondary N) is 2. The van der Waals surface area contributed by atoms with E-state index in [1.807, 2.05) is 24.3 Å². The van der Waals surface area contributed by atoms with Crippen LogP contribution in [0.3, 0.4) is 0 Å². The minimum atomic E-state index is -0.387. The van der Waals surface area contributed by atoms with Gasteiger partial charge in [0, 0.05) is 23.2 Å². The van der Waals surface area contributed by atoms with Gasteiger partial charge < -0.3 is 10.3 Å². The Labute approximate surface area is 138 Å². The van der Waals surface area contributed by atoms with E-state index in [-0.39, 0.29) is 23.7 Å². The lowest BCUT2D eigenvalue weighted by Gasteiger charge is -2.07. The second-order valence-corrected chi connectivity index (χ2v) is 5.76. The molecule has 0 radical (unpaired) electrons. The second kappa shape index (κ2) is 6.66. The summed E-state index contributed by atoms with van der Waals surface area (Å²) in [4.78, 5) is 26.5. The van der Waals surface area contributed by atoms with Crippen LogP contribution in [0.5, 0.6) is 0 Å². The molecule has 0 aliphatic rings. The van der Waals surface area contributed by atoms with Crippen molar-refractivity contribution in [1.82, 2.24) is 4.98 Å². The minimum absolute atomic E-state index is 0.108. The molecule has 0 fully saturated rings. The Bertz CT molecular complexity index is 963. The maximum atomic E-state index is 13.1. The Morgan fingerprint density at radius 2 is 2.00 bits per heavy atom. The molecule has 24 heavy (non-hydrogen) atoms. The van der Waals surface area contributed by atoms with E-state index in [2.05, 4.69) is 10.3 Å². The summed E-state index contributed by atoms with van der Waals surface area (Å²) in [6.45, 7) is 1.77. The van der Waals surface area contributed by atoms with Gasteiger partial charge in [0.1, 0.15) is 5.82 Å². The van der Waals surface area contributed by atoms with Gasteiger partial charge >= 0.3 is 0 Å². The van der Waals surface area contributed by atoms with Crippen molar-refractivity contribution in [2.24, 2.45) is 0 Å². The molecule has 0 atom stereocenters. The molecule has 3 aromatic rings. The third-order valence-electron chi connectivity index (χ3n) is 3.85. The van der Waals surface area contributed by atoms with Crippen molar-refractivity contribution in [3.05, 3.63) is 75.8 Å². The molecule has 4 nitrogen and oxygen atoms in total. The fourth-order valence-corrected chi connectivity index (χ4v) is 2.56. The van der Waals surface area contributed by atoms with Crippen molar-refractivity contribution in [2.75, 3.05) is 5.32 Å². The number of benzene rings is 2. The fraction of sp³-hybridized carbons (Fsp3) is 0.158. The summed E-state index contributed by atoms with van der Waals surface area (Å²) in [6, 6.07) is 13.4. The average Bonchev–Trinajstić information content (AvgIpc) is 2.54. The van der Waals surface area contributed by atoms with Crippen molar-refractivity contribution < 1.29 is 9.18 Å². The second-order valence-electron chi connectivity index (χ2n) is 5.76. The number of aromatic nitrogens is 1. The number of fused-ring (bicyclic) bond motifs is 1. The van der Waals surface area contributed by atoms with Gasteiger partial charge in [-0.15, -0.1) is 0 Å². The van der Waals surface area contributed by atoms with E-state index in [9.17, 15) is 14.0 Å². The summed E-state index contributed by atoms with van der Waals surface area (Å²) in [6.07, 6.45) is 0.811. The Hall–Kier alpha value is -2.95. The molecule has 5 heteroatoms. The molecule has 2 N–H and O–H groups in total. The van der Waals surface area contributed by atoms with Gasteiger partial charge in [-0.25, -0.2) is 4.39 Å². The molecule has 0 saturated heterocycles. The van der Waals surface area contributed by atoms with E-state index in [1.165, 1.54) is 12.1 Å². The number of carbonyl (C=O) groups excluding carboxylic acids is 1. The van der Waals surface area contributed by atoms with E-state index >= 15 is 0 Å². The maximum Gasteiger partial charge on any atom is 0.251 e. The van der Waals surface area contributed by atoms with Crippen LogP contribution < -0.4 is 10.9 Å². The van der Waals surface area contributed by atoms with Crippen molar-refractivity contribution >= 4 is 22.5 Å². The van der Waals surface area contributed by atoms with E-state index in [1.54, 1.807) is 19.1 Å². The third kappa shape index (κ3) is 3.68. The largest absolute Gasteiger partial charge is 0.326 e. The first kappa shape index (κ1) is 15.9. The molecule has 1 heterocycles. The van der Waals surface area contributed by atoms with E-state index in [4.69, 9.17) is 0 Å². The number of hydrogen-bond acceptors (Lipinski definition) is 2. The lowest BCUT2D eigenvalue weighted by Crippen LogP contribution is -2.12. The van der Waals surface area contributed by atoms with E-state index in [0.29, 0.717) is 17.7 Å². The minimum Gasteiger partial charge on any atom is -0.326 e. The molecular formula is C19H17FN2O2. The van der Waals surface area contributed by atoms with E-state index < -0.39 is 0 Å². The third-order valence-corrected chi connectivity index (χ3v) is 3.85. The first-order chi connectivity index (χ1) is 11.5. The summed E-state index contributed by atoms with van der Waals surface area (Å²) in [5.74, 6) is -0.570. The van der Waals surface area contributed by atoms with Crippen LogP contribution >= 0.6 is 0 Å². The van der Waals surface area contributed by atoms with Gasteiger partial charge in [-0.1, -0.05) is 18.2 Å². The highest BCUT2D eigenvalue weighted by atomic mass is 19.1. The lowest BCUT2D eigenvalue weighted by atomic mass is 10.1. The van der Waals surface area contributed by atoms with Gasteiger partial charge in [-0.3, -0.25) is 9.59 Å². The van der Waals surface area contributed by atoms with E-state index in [0.717, 1.165) is 16.5 Å². The zero-order chi connectivity index (χ0) is 17.1. The molecule has 3 rings (SSSR count). The lowest BCUT2D eigenvalue weighted by molar-refractivity contribution is -0.116. The van der Waals surface area contributed by atoms with Crippen molar-refractivity contribution in [3.8, 4) is 0 Å². The van der Waals surface area contributed by atoms with Crippen molar-refractivity contribution in [1.29, 1.82) is 0 Å². The number of anilines is 1. The SMILES string of the molecule is Cc1cc2ccc(CCC(=O)Nc3cccc(F)c3)cc2[nH]c1=O. The van der Waals surface area contributed by atoms with Gasteiger partial charge in [0.2, 0.25) is 5.91 Å². The van der Waals surface area contributed by atoms with Crippen LogP contribution in [0, 0.1) is 12.7 Å². The fourth-order valence-electron chi connectivity index (χ4n) is 2.56. The highest BCUT2D eigenvalue weighted by Gasteiger charge is 2.05. The normalized spacial score (nSPS) is 10.8. The molecule has 1 aromatic heterocycles. The zero-order valence-corrected chi connectivity index (χ0v) is 13.2. The van der Waals surface area contributed by atoms with Crippen LogP contribution in [0.15, 0.2) is 53.3 Å². The number of rotatable bonds is 4. The summed E-state index contributed by atoms with van der Waals surface area (Å²) in [5, 5.41) is 3.63. The predicted octanol–water partition coefficient (Wildman–Crippen LogP) is 3.55. The number of aryl methyl sites for hydroxylation is 2. The zero-order valence-electron chi connectivity index (χ0n) is 13.2. The van der Waals surface area contributed by atoms with Crippen LogP contribution in [0.1, 0.15) is 17.5 Å². The van der Waals surface area contributed by atoms with Crippen molar-refractivity contribution in [2.45, 2.75) is 19.8 Å². The van der Waals surface area contributed by atoms with Gasteiger partial charge in [0.25, 0.3) is 5.56 Å². The molecule has 0 aliphatic carbocycles. The number of hydrogen-bond donors (Lipinski definition) is 2. The highest BCUT2D eigenvalue weighted by Crippen LogP contribution is 2.15.